The van der Waals surface area contributed by atoms with Gasteiger partial charge in [-0.25, -0.2) is 4.98 Å². The van der Waals surface area contributed by atoms with Gasteiger partial charge in [-0.3, -0.25) is 0 Å². The Kier molecular flexibility index (Phi) is 4.76. The lowest BCUT2D eigenvalue weighted by molar-refractivity contribution is 0.614. The molecule has 6 heteroatoms. The molecule has 5 aromatic rings. The third kappa shape index (κ3) is 3.88. The van der Waals surface area contributed by atoms with Crippen molar-refractivity contribution in [3.63, 3.8) is 0 Å². The van der Waals surface area contributed by atoms with E-state index in [1.807, 2.05) is 30.3 Å². The monoisotopic (exact) mass is 417 g/mol. The van der Waals surface area contributed by atoms with Crippen LogP contribution in [0.4, 0.5) is 6.01 Å². The fraction of sp³-hybridized carbons (Fsp3) is 0.0435. The number of nitrogens with zero attached hydrogens (tertiary/aromatic N) is 2. The molecule has 2 heterocycles. The Morgan fingerprint density at radius 2 is 1.76 bits per heavy atom. The number of benzene rings is 3. The van der Waals surface area contributed by atoms with Gasteiger partial charge in [-0.1, -0.05) is 60.1 Å². The fourth-order valence-corrected chi connectivity index (χ4v) is 4.11. The zero-order chi connectivity index (χ0) is 19.6. The second kappa shape index (κ2) is 7.70. The number of hydrogen-bond acceptors (Lipinski definition) is 5. The van der Waals surface area contributed by atoms with E-state index in [9.17, 15) is 0 Å². The summed E-state index contributed by atoms with van der Waals surface area (Å²) in [6, 6.07) is 24.4. The number of anilines is 1. The number of fused-ring (bicyclic) bond motifs is 1. The van der Waals surface area contributed by atoms with Crippen LogP contribution in [-0.2, 0) is 6.54 Å². The first-order valence-electron chi connectivity index (χ1n) is 9.15. The molecule has 0 radical (unpaired) electrons. The van der Waals surface area contributed by atoms with Gasteiger partial charge in [0.2, 0.25) is 0 Å². The van der Waals surface area contributed by atoms with Crippen molar-refractivity contribution >= 4 is 40.1 Å². The summed E-state index contributed by atoms with van der Waals surface area (Å²) in [7, 11) is 0. The van der Waals surface area contributed by atoms with Crippen LogP contribution in [0, 0.1) is 0 Å². The molecule has 0 amide bonds. The maximum absolute atomic E-state index is 6.01. The van der Waals surface area contributed by atoms with Crippen LogP contribution in [-0.4, -0.2) is 9.97 Å². The zero-order valence-electron chi connectivity index (χ0n) is 15.3. The van der Waals surface area contributed by atoms with Gasteiger partial charge in [0.1, 0.15) is 10.5 Å². The van der Waals surface area contributed by atoms with Crippen LogP contribution in [0.25, 0.3) is 32.9 Å². The summed E-state index contributed by atoms with van der Waals surface area (Å²) in [5, 5.41) is 6.98. The van der Waals surface area contributed by atoms with Crippen LogP contribution < -0.4 is 5.32 Å². The Bertz CT molecular complexity index is 1280. The molecule has 142 valence electrons. The highest BCUT2D eigenvalue weighted by Gasteiger charge is 2.09. The standard InChI is InChI=1S/C23H16ClN3OS/c24-18-9-10-21-19(12-18)27-23(28-21)25-13-15-5-4-8-17(11-15)22-26-20(14-29-22)16-6-2-1-3-7-16/h1-12,14H,13H2,(H,25,27). The van der Waals surface area contributed by atoms with Crippen molar-refractivity contribution in [2.45, 2.75) is 6.54 Å². The SMILES string of the molecule is Clc1ccc2oc(NCc3cccc(-c4nc(-c5ccccc5)cs4)c3)nc2c1. The first kappa shape index (κ1) is 17.9. The Balaban J connectivity index is 1.34. The summed E-state index contributed by atoms with van der Waals surface area (Å²) < 4.78 is 5.72. The minimum absolute atomic E-state index is 0.480. The van der Waals surface area contributed by atoms with Crippen LogP contribution in [0.1, 0.15) is 5.56 Å². The van der Waals surface area contributed by atoms with Crippen molar-refractivity contribution in [1.29, 1.82) is 0 Å². The minimum Gasteiger partial charge on any atom is -0.424 e. The van der Waals surface area contributed by atoms with Gasteiger partial charge in [-0.15, -0.1) is 11.3 Å². The van der Waals surface area contributed by atoms with Crippen molar-refractivity contribution in [3.05, 3.63) is 88.8 Å². The number of oxazole rings is 1. The average molecular weight is 418 g/mol. The molecular formula is C23H16ClN3OS. The van der Waals surface area contributed by atoms with Crippen LogP contribution in [0.15, 0.2) is 82.6 Å². The van der Waals surface area contributed by atoms with Crippen molar-refractivity contribution < 1.29 is 4.42 Å². The highest BCUT2D eigenvalue weighted by Crippen LogP contribution is 2.29. The number of rotatable bonds is 5. The number of hydrogen-bond donors (Lipinski definition) is 1. The highest BCUT2D eigenvalue weighted by atomic mass is 35.5. The van der Waals surface area contributed by atoms with E-state index in [0.717, 1.165) is 32.9 Å². The zero-order valence-corrected chi connectivity index (χ0v) is 16.9. The number of aromatic nitrogens is 2. The van der Waals surface area contributed by atoms with Gasteiger partial charge >= 0.3 is 0 Å². The second-order valence-electron chi connectivity index (χ2n) is 6.59. The van der Waals surface area contributed by atoms with E-state index in [1.54, 1.807) is 23.5 Å². The molecule has 0 bridgehead atoms. The lowest BCUT2D eigenvalue weighted by Gasteiger charge is -2.04. The van der Waals surface area contributed by atoms with Crippen molar-refractivity contribution in [3.8, 4) is 21.8 Å². The topological polar surface area (TPSA) is 51.0 Å². The molecule has 0 aliphatic carbocycles. The summed E-state index contributed by atoms with van der Waals surface area (Å²) >= 11 is 7.66. The smallest absolute Gasteiger partial charge is 0.295 e. The summed E-state index contributed by atoms with van der Waals surface area (Å²) in [6.45, 7) is 0.602. The Morgan fingerprint density at radius 1 is 0.897 bits per heavy atom. The molecule has 4 nitrogen and oxygen atoms in total. The maximum Gasteiger partial charge on any atom is 0.295 e. The molecule has 0 fully saturated rings. The quantitative estimate of drug-likeness (QED) is 0.338. The van der Waals surface area contributed by atoms with E-state index < -0.39 is 0 Å². The third-order valence-electron chi connectivity index (χ3n) is 4.54. The Labute approximate surface area is 176 Å². The molecule has 5 rings (SSSR count). The average Bonchev–Trinajstić information content (AvgIpc) is 3.40. The lowest BCUT2D eigenvalue weighted by Crippen LogP contribution is -1.99. The Morgan fingerprint density at radius 3 is 2.66 bits per heavy atom. The minimum atomic E-state index is 0.480. The van der Waals surface area contributed by atoms with Crippen LogP contribution in [0.3, 0.4) is 0 Å². The molecule has 0 saturated heterocycles. The maximum atomic E-state index is 6.01. The summed E-state index contributed by atoms with van der Waals surface area (Å²) in [4.78, 5) is 9.24. The summed E-state index contributed by atoms with van der Waals surface area (Å²) in [6.07, 6.45) is 0. The van der Waals surface area contributed by atoms with Crippen molar-refractivity contribution in [2.24, 2.45) is 0 Å². The molecule has 0 spiro atoms. The summed E-state index contributed by atoms with van der Waals surface area (Å²) in [5.74, 6) is 0. The fourth-order valence-electron chi connectivity index (χ4n) is 3.12. The molecule has 3 aromatic carbocycles. The van der Waals surface area contributed by atoms with Crippen LogP contribution in [0.5, 0.6) is 0 Å². The number of thiazole rings is 1. The van der Waals surface area contributed by atoms with E-state index in [1.165, 1.54) is 0 Å². The predicted octanol–water partition coefficient (Wildman–Crippen LogP) is 6.88. The van der Waals surface area contributed by atoms with Crippen molar-refractivity contribution in [1.82, 2.24) is 9.97 Å². The molecule has 0 atom stereocenters. The third-order valence-corrected chi connectivity index (χ3v) is 5.67. The first-order valence-corrected chi connectivity index (χ1v) is 10.4. The summed E-state index contributed by atoms with van der Waals surface area (Å²) in [5.41, 5.74) is 5.80. The van der Waals surface area contributed by atoms with E-state index in [4.69, 9.17) is 21.0 Å². The van der Waals surface area contributed by atoms with E-state index in [-0.39, 0.29) is 0 Å². The largest absolute Gasteiger partial charge is 0.424 e. The number of nitrogens with one attached hydrogen (secondary N) is 1. The van der Waals surface area contributed by atoms with Crippen molar-refractivity contribution in [2.75, 3.05) is 5.32 Å². The molecule has 2 aromatic heterocycles. The normalized spacial score (nSPS) is 11.1. The van der Waals surface area contributed by atoms with E-state index in [2.05, 4.69) is 46.0 Å². The molecular weight excluding hydrogens is 402 g/mol. The van der Waals surface area contributed by atoms with Crippen LogP contribution >= 0.6 is 22.9 Å². The van der Waals surface area contributed by atoms with Gasteiger partial charge in [-0.2, -0.15) is 4.98 Å². The predicted molar refractivity (Wildman–Crippen MR) is 119 cm³/mol. The number of halogens is 1. The van der Waals surface area contributed by atoms with Gasteiger partial charge in [0, 0.05) is 28.1 Å². The molecule has 1 N–H and O–H groups in total. The van der Waals surface area contributed by atoms with Gasteiger partial charge < -0.3 is 9.73 Å². The van der Waals surface area contributed by atoms with Gasteiger partial charge in [0.05, 0.1) is 5.69 Å². The van der Waals surface area contributed by atoms with Crippen LogP contribution in [0.2, 0.25) is 5.02 Å². The van der Waals surface area contributed by atoms with Gasteiger partial charge in [0.25, 0.3) is 6.01 Å². The highest BCUT2D eigenvalue weighted by molar-refractivity contribution is 7.13. The molecule has 0 aliphatic heterocycles. The molecule has 0 unspecified atom stereocenters. The first-order chi connectivity index (χ1) is 14.2. The molecule has 29 heavy (non-hydrogen) atoms. The lowest BCUT2D eigenvalue weighted by atomic mass is 10.1. The second-order valence-corrected chi connectivity index (χ2v) is 7.88. The van der Waals surface area contributed by atoms with Gasteiger partial charge in [-0.05, 0) is 29.8 Å². The Hall–Kier alpha value is -3.15. The van der Waals surface area contributed by atoms with Gasteiger partial charge in [0.15, 0.2) is 5.58 Å². The molecule has 0 aliphatic rings. The molecule has 0 saturated carbocycles. The van der Waals surface area contributed by atoms with E-state index >= 15 is 0 Å². The van der Waals surface area contributed by atoms with E-state index in [0.29, 0.717) is 23.2 Å².